The Balaban J connectivity index is 2.13. The van der Waals surface area contributed by atoms with Crippen LogP contribution in [0.15, 0.2) is 18.2 Å². The summed E-state index contributed by atoms with van der Waals surface area (Å²) in [5.41, 5.74) is 2.39. The van der Waals surface area contributed by atoms with Gasteiger partial charge in [0.1, 0.15) is 0 Å². The number of benzene rings is 1. The van der Waals surface area contributed by atoms with Crippen LogP contribution in [0.25, 0.3) is 0 Å². The SMILES string of the molecule is CCCNCc1cccc(Cl)c1N1CCC(CO)C1. The molecule has 4 heteroatoms. The molecule has 0 saturated carbocycles. The zero-order valence-electron chi connectivity index (χ0n) is 11.5. The third-order valence-electron chi connectivity index (χ3n) is 3.67. The molecular formula is C15H23ClN2O. The van der Waals surface area contributed by atoms with Gasteiger partial charge >= 0.3 is 0 Å². The molecule has 0 amide bonds. The van der Waals surface area contributed by atoms with Crippen LogP contribution in [0.2, 0.25) is 5.02 Å². The van der Waals surface area contributed by atoms with Crippen molar-refractivity contribution in [2.75, 3.05) is 31.1 Å². The molecule has 2 N–H and O–H groups in total. The van der Waals surface area contributed by atoms with E-state index in [1.165, 1.54) is 5.56 Å². The molecule has 1 atom stereocenters. The van der Waals surface area contributed by atoms with Crippen LogP contribution in [-0.4, -0.2) is 31.3 Å². The molecule has 19 heavy (non-hydrogen) atoms. The largest absolute Gasteiger partial charge is 0.396 e. The molecule has 1 unspecified atom stereocenters. The lowest BCUT2D eigenvalue weighted by Gasteiger charge is -2.23. The number of para-hydroxylation sites is 1. The highest BCUT2D eigenvalue weighted by Crippen LogP contribution is 2.33. The van der Waals surface area contributed by atoms with Crippen LogP contribution in [0.3, 0.4) is 0 Å². The molecule has 106 valence electrons. The fourth-order valence-corrected chi connectivity index (χ4v) is 2.96. The minimum Gasteiger partial charge on any atom is -0.396 e. The van der Waals surface area contributed by atoms with E-state index in [2.05, 4.69) is 23.2 Å². The van der Waals surface area contributed by atoms with E-state index in [1.807, 2.05) is 12.1 Å². The number of nitrogens with zero attached hydrogens (tertiary/aromatic N) is 1. The Bertz CT molecular complexity index is 411. The maximum Gasteiger partial charge on any atom is 0.0642 e. The lowest BCUT2D eigenvalue weighted by atomic mass is 10.1. The van der Waals surface area contributed by atoms with Crippen molar-refractivity contribution >= 4 is 17.3 Å². The molecule has 1 aromatic carbocycles. The number of hydrogen-bond acceptors (Lipinski definition) is 3. The zero-order valence-corrected chi connectivity index (χ0v) is 12.3. The molecule has 1 fully saturated rings. The van der Waals surface area contributed by atoms with Crippen LogP contribution in [0.4, 0.5) is 5.69 Å². The Hall–Kier alpha value is -0.770. The van der Waals surface area contributed by atoms with Gasteiger partial charge < -0.3 is 15.3 Å². The van der Waals surface area contributed by atoms with Crippen molar-refractivity contribution in [2.24, 2.45) is 5.92 Å². The standard InChI is InChI=1S/C15H23ClN2O/c1-2-7-17-9-13-4-3-5-14(16)15(13)18-8-6-12(10-18)11-19/h3-5,12,17,19H,2,6-11H2,1H3. The van der Waals surface area contributed by atoms with Crippen molar-refractivity contribution in [3.63, 3.8) is 0 Å². The van der Waals surface area contributed by atoms with Crippen molar-refractivity contribution in [3.05, 3.63) is 28.8 Å². The van der Waals surface area contributed by atoms with Crippen molar-refractivity contribution in [1.82, 2.24) is 5.32 Å². The fraction of sp³-hybridized carbons (Fsp3) is 0.600. The first-order chi connectivity index (χ1) is 9.26. The maximum atomic E-state index is 9.27. The lowest BCUT2D eigenvalue weighted by molar-refractivity contribution is 0.238. The number of anilines is 1. The first-order valence-electron chi connectivity index (χ1n) is 7.10. The van der Waals surface area contributed by atoms with Crippen molar-refractivity contribution < 1.29 is 5.11 Å². The highest BCUT2D eigenvalue weighted by Gasteiger charge is 2.24. The van der Waals surface area contributed by atoms with Crippen LogP contribution in [-0.2, 0) is 6.54 Å². The van der Waals surface area contributed by atoms with E-state index in [0.717, 1.165) is 49.7 Å². The van der Waals surface area contributed by atoms with Gasteiger partial charge in [0, 0.05) is 32.2 Å². The van der Waals surface area contributed by atoms with Crippen LogP contribution in [0, 0.1) is 5.92 Å². The number of rotatable bonds is 6. The van der Waals surface area contributed by atoms with Gasteiger partial charge in [-0.15, -0.1) is 0 Å². The summed E-state index contributed by atoms with van der Waals surface area (Å²) < 4.78 is 0. The quantitative estimate of drug-likeness (QED) is 0.788. The molecule has 1 aliphatic rings. The van der Waals surface area contributed by atoms with Gasteiger partial charge in [-0.05, 0) is 31.0 Å². The van der Waals surface area contributed by atoms with Crippen molar-refractivity contribution in [3.8, 4) is 0 Å². The predicted octanol–water partition coefficient (Wildman–Crippen LogP) is 2.66. The second-order valence-electron chi connectivity index (χ2n) is 5.21. The smallest absolute Gasteiger partial charge is 0.0642 e. The average Bonchev–Trinajstić information content (AvgIpc) is 2.87. The van der Waals surface area contributed by atoms with Crippen LogP contribution in [0.5, 0.6) is 0 Å². The number of aliphatic hydroxyl groups excluding tert-OH is 1. The summed E-state index contributed by atoms with van der Waals surface area (Å²) in [7, 11) is 0. The Morgan fingerprint density at radius 2 is 2.32 bits per heavy atom. The Labute approximate surface area is 120 Å². The summed E-state index contributed by atoms with van der Waals surface area (Å²) in [6.07, 6.45) is 2.18. The Morgan fingerprint density at radius 3 is 3.00 bits per heavy atom. The summed E-state index contributed by atoms with van der Waals surface area (Å²) in [4.78, 5) is 2.31. The van der Waals surface area contributed by atoms with Gasteiger partial charge in [-0.3, -0.25) is 0 Å². The molecule has 1 aliphatic heterocycles. The van der Waals surface area contributed by atoms with E-state index < -0.39 is 0 Å². The molecule has 0 spiro atoms. The Kier molecular flexibility index (Phi) is 5.49. The number of nitrogens with one attached hydrogen (secondary N) is 1. The zero-order chi connectivity index (χ0) is 13.7. The summed E-state index contributed by atoms with van der Waals surface area (Å²) in [6, 6.07) is 6.09. The highest BCUT2D eigenvalue weighted by molar-refractivity contribution is 6.33. The topological polar surface area (TPSA) is 35.5 Å². The highest BCUT2D eigenvalue weighted by atomic mass is 35.5. The maximum absolute atomic E-state index is 9.27. The van der Waals surface area contributed by atoms with Crippen LogP contribution in [0.1, 0.15) is 25.3 Å². The molecule has 1 heterocycles. The molecule has 0 radical (unpaired) electrons. The van der Waals surface area contributed by atoms with Gasteiger partial charge in [0.25, 0.3) is 0 Å². The molecule has 0 aliphatic carbocycles. The number of halogens is 1. The van der Waals surface area contributed by atoms with E-state index in [0.29, 0.717) is 5.92 Å². The number of hydrogen-bond donors (Lipinski definition) is 2. The van der Waals surface area contributed by atoms with Crippen molar-refractivity contribution in [2.45, 2.75) is 26.3 Å². The van der Waals surface area contributed by atoms with Gasteiger partial charge in [-0.25, -0.2) is 0 Å². The van der Waals surface area contributed by atoms with Crippen LogP contribution < -0.4 is 10.2 Å². The van der Waals surface area contributed by atoms with Gasteiger partial charge in [0.15, 0.2) is 0 Å². The summed E-state index contributed by atoms with van der Waals surface area (Å²) in [5.74, 6) is 0.382. The van der Waals surface area contributed by atoms with Gasteiger partial charge in [-0.2, -0.15) is 0 Å². The summed E-state index contributed by atoms with van der Waals surface area (Å²) in [5, 5.41) is 13.5. The third-order valence-corrected chi connectivity index (χ3v) is 3.98. The molecular weight excluding hydrogens is 260 g/mol. The van der Waals surface area contributed by atoms with Crippen molar-refractivity contribution in [1.29, 1.82) is 0 Å². The number of aliphatic hydroxyl groups is 1. The lowest BCUT2D eigenvalue weighted by Crippen LogP contribution is -2.24. The minimum atomic E-state index is 0.268. The van der Waals surface area contributed by atoms with E-state index >= 15 is 0 Å². The molecule has 1 aromatic rings. The van der Waals surface area contributed by atoms with E-state index in [4.69, 9.17) is 11.6 Å². The fourth-order valence-electron chi connectivity index (χ4n) is 2.64. The molecule has 3 nitrogen and oxygen atoms in total. The normalized spacial score (nSPS) is 19.1. The first-order valence-corrected chi connectivity index (χ1v) is 7.48. The monoisotopic (exact) mass is 282 g/mol. The van der Waals surface area contributed by atoms with Gasteiger partial charge in [0.2, 0.25) is 0 Å². The van der Waals surface area contributed by atoms with E-state index in [9.17, 15) is 5.11 Å². The van der Waals surface area contributed by atoms with Crippen LogP contribution >= 0.6 is 11.6 Å². The van der Waals surface area contributed by atoms with Gasteiger partial charge in [-0.1, -0.05) is 30.7 Å². The van der Waals surface area contributed by atoms with E-state index in [-0.39, 0.29) is 6.61 Å². The first kappa shape index (κ1) is 14.6. The second kappa shape index (κ2) is 7.13. The third kappa shape index (κ3) is 3.62. The molecule has 1 saturated heterocycles. The minimum absolute atomic E-state index is 0.268. The second-order valence-corrected chi connectivity index (χ2v) is 5.61. The summed E-state index contributed by atoms with van der Waals surface area (Å²) in [6.45, 7) is 6.19. The molecule has 0 aromatic heterocycles. The van der Waals surface area contributed by atoms with Gasteiger partial charge in [0.05, 0.1) is 10.7 Å². The summed E-state index contributed by atoms with van der Waals surface area (Å²) >= 11 is 6.38. The Morgan fingerprint density at radius 1 is 1.47 bits per heavy atom. The molecule has 2 rings (SSSR count). The van der Waals surface area contributed by atoms with E-state index in [1.54, 1.807) is 0 Å². The predicted molar refractivity (Wildman–Crippen MR) is 80.9 cm³/mol. The molecule has 0 bridgehead atoms. The average molecular weight is 283 g/mol.